The molecule has 5 heteroatoms. The lowest BCUT2D eigenvalue weighted by atomic mass is 9.96. The second-order valence-corrected chi connectivity index (χ2v) is 6.28. The Hall–Kier alpha value is -2.61. The van der Waals surface area contributed by atoms with E-state index in [1.807, 2.05) is 35.4 Å². The van der Waals surface area contributed by atoms with Gasteiger partial charge in [0, 0.05) is 35.1 Å². The van der Waals surface area contributed by atoms with Gasteiger partial charge in [-0.25, -0.2) is 0 Å². The quantitative estimate of drug-likeness (QED) is 0.789. The highest BCUT2D eigenvalue weighted by molar-refractivity contribution is 5.92. The molecule has 4 rings (SSSR count). The molecular weight excluding hydrogens is 286 g/mol. The predicted molar refractivity (Wildman–Crippen MR) is 88.5 cm³/mol. The van der Waals surface area contributed by atoms with E-state index >= 15 is 0 Å². The number of nitriles is 1. The van der Waals surface area contributed by atoms with Gasteiger partial charge in [0.05, 0.1) is 30.4 Å². The Morgan fingerprint density at radius 1 is 1.35 bits per heavy atom. The summed E-state index contributed by atoms with van der Waals surface area (Å²) in [4.78, 5) is 7.74. The molecule has 0 amide bonds. The van der Waals surface area contributed by atoms with Gasteiger partial charge in [0.2, 0.25) is 0 Å². The maximum atomic E-state index is 9.19. The summed E-state index contributed by atoms with van der Waals surface area (Å²) < 4.78 is 1.99. The van der Waals surface area contributed by atoms with Crippen LogP contribution in [0.25, 0.3) is 22.2 Å². The SMILES string of the molecule is N#CC[C@H](C1CCCC1)n1cc(-c2nccc3[nH]ccc23)cn1. The normalized spacial score (nSPS) is 16.7. The first-order chi connectivity index (χ1) is 11.4. The molecule has 0 radical (unpaired) electrons. The van der Waals surface area contributed by atoms with Gasteiger partial charge in [-0.3, -0.25) is 9.67 Å². The maximum Gasteiger partial charge on any atom is 0.0827 e. The van der Waals surface area contributed by atoms with Crippen LogP contribution in [-0.2, 0) is 0 Å². The van der Waals surface area contributed by atoms with Gasteiger partial charge in [0.15, 0.2) is 0 Å². The van der Waals surface area contributed by atoms with E-state index < -0.39 is 0 Å². The largest absolute Gasteiger partial charge is 0.361 e. The number of aromatic nitrogens is 4. The van der Waals surface area contributed by atoms with Crippen molar-refractivity contribution < 1.29 is 0 Å². The fraction of sp³-hybridized carbons (Fsp3) is 0.389. The van der Waals surface area contributed by atoms with E-state index in [0.29, 0.717) is 12.3 Å². The molecule has 1 N–H and O–H groups in total. The molecule has 1 fully saturated rings. The number of nitrogens with zero attached hydrogens (tertiary/aromatic N) is 4. The smallest absolute Gasteiger partial charge is 0.0827 e. The Kier molecular flexibility index (Phi) is 3.58. The summed E-state index contributed by atoms with van der Waals surface area (Å²) in [6.45, 7) is 0. The average Bonchev–Trinajstić information content (AvgIpc) is 3.32. The Balaban J connectivity index is 1.70. The molecule has 3 aromatic rings. The van der Waals surface area contributed by atoms with Crippen molar-refractivity contribution >= 4 is 10.9 Å². The van der Waals surface area contributed by atoms with E-state index in [1.165, 1.54) is 25.7 Å². The zero-order valence-corrected chi connectivity index (χ0v) is 12.9. The molecule has 3 heterocycles. The van der Waals surface area contributed by atoms with Crippen LogP contribution in [0.1, 0.15) is 38.1 Å². The van der Waals surface area contributed by atoms with Gasteiger partial charge in [0.1, 0.15) is 0 Å². The first kappa shape index (κ1) is 14.0. The molecule has 0 aliphatic heterocycles. The summed E-state index contributed by atoms with van der Waals surface area (Å²) in [6.07, 6.45) is 13.1. The molecule has 0 spiro atoms. The zero-order chi connectivity index (χ0) is 15.6. The number of nitrogens with one attached hydrogen (secondary N) is 1. The minimum Gasteiger partial charge on any atom is -0.361 e. The number of hydrogen-bond donors (Lipinski definition) is 1. The average molecular weight is 305 g/mol. The van der Waals surface area contributed by atoms with Crippen LogP contribution in [0.3, 0.4) is 0 Å². The Labute approximate surface area is 135 Å². The maximum absolute atomic E-state index is 9.19. The summed E-state index contributed by atoms with van der Waals surface area (Å²) in [5.74, 6) is 0.568. The van der Waals surface area contributed by atoms with E-state index in [-0.39, 0.29) is 6.04 Å². The van der Waals surface area contributed by atoms with Crippen molar-refractivity contribution in [2.75, 3.05) is 0 Å². The second kappa shape index (κ2) is 5.88. The van der Waals surface area contributed by atoms with Gasteiger partial charge < -0.3 is 4.98 Å². The van der Waals surface area contributed by atoms with Crippen molar-refractivity contribution in [3.63, 3.8) is 0 Å². The molecule has 3 aromatic heterocycles. The van der Waals surface area contributed by atoms with Crippen molar-refractivity contribution in [1.29, 1.82) is 5.26 Å². The minimum atomic E-state index is 0.182. The fourth-order valence-electron chi connectivity index (χ4n) is 3.77. The first-order valence-corrected chi connectivity index (χ1v) is 8.20. The van der Waals surface area contributed by atoms with Gasteiger partial charge in [-0.05, 0) is 30.9 Å². The van der Waals surface area contributed by atoms with Crippen LogP contribution in [0.4, 0.5) is 0 Å². The number of fused-ring (bicyclic) bond motifs is 1. The highest BCUT2D eigenvalue weighted by Crippen LogP contribution is 2.36. The highest BCUT2D eigenvalue weighted by atomic mass is 15.3. The third-order valence-electron chi connectivity index (χ3n) is 4.94. The summed E-state index contributed by atoms with van der Waals surface area (Å²) >= 11 is 0. The van der Waals surface area contributed by atoms with Crippen LogP contribution in [-0.4, -0.2) is 19.7 Å². The van der Waals surface area contributed by atoms with Crippen LogP contribution in [0.2, 0.25) is 0 Å². The molecule has 1 aliphatic rings. The third kappa shape index (κ3) is 2.50. The van der Waals surface area contributed by atoms with Crippen molar-refractivity contribution in [2.24, 2.45) is 5.92 Å². The standard InChI is InChI=1S/C18H19N5/c19-8-5-17(13-3-1-2-4-13)23-12-14(11-22-23)18-15-6-9-20-16(15)7-10-21-18/h6-7,9-13,17,20H,1-5H2/t17-/m1/s1. The lowest BCUT2D eigenvalue weighted by Gasteiger charge is -2.21. The molecule has 1 saturated carbocycles. The van der Waals surface area contributed by atoms with E-state index in [1.54, 1.807) is 0 Å². The van der Waals surface area contributed by atoms with Crippen LogP contribution in [0, 0.1) is 17.2 Å². The summed E-state index contributed by atoms with van der Waals surface area (Å²) in [5.41, 5.74) is 3.03. The Bertz CT molecular complexity index is 848. The number of aromatic amines is 1. The molecular formula is C18H19N5. The number of rotatable bonds is 4. The van der Waals surface area contributed by atoms with Gasteiger partial charge in [0.25, 0.3) is 0 Å². The van der Waals surface area contributed by atoms with Crippen molar-refractivity contribution in [3.05, 3.63) is 36.9 Å². The monoisotopic (exact) mass is 305 g/mol. The van der Waals surface area contributed by atoms with Crippen molar-refractivity contribution in [1.82, 2.24) is 19.7 Å². The molecule has 23 heavy (non-hydrogen) atoms. The van der Waals surface area contributed by atoms with Crippen LogP contribution >= 0.6 is 0 Å². The lowest BCUT2D eigenvalue weighted by Crippen LogP contribution is -2.17. The second-order valence-electron chi connectivity index (χ2n) is 6.28. The molecule has 116 valence electrons. The van der Waals surface area contributed by atoms with Gasteiger partial charge in [-0.1, -0.05) is 12.8 Å². The van der Waals surface area contributed by atoms with Gasteiger partial charge in [-0.15, -0.1) is 0 Å². The number of pyridine rings is 1. The van der Waals surface area contributed by atoms with Crippen LogP contribution < -0.4 is 0 Å². The van der Waals surface area contributed by atoms with E-state index in [2.05, 4.69) is 27.3 Å². The molecule has 0 saturated heterocycles. The zero-order valence-electron chi connectivity index (χ0n) is 12.9. The molecule has 1 aliphatic carbocycles. The Morgan fingerprint density at radius 3 is 3.04 bits per heavy atom. The number of hydrogen-bond acceptors (Lipinski definition) is 3. The Morgan fingerprint density at radius 2 is 2.22 bits per heavy atom. The minimum absolute atomic E-state index is 0.182. The van der Waals surface area contributed by atoms with Gasteiger partial charge in [-0.2, -0.15) is 10.4 Å². The van der Waals surface area contributed by atoms with E-state index in [9.17, 15) is 5.26 Å². The topological polar surface area (TPSA) is 70.3 Å². The molecule has 0 unspecified atom stereocenters. The highest BCUT2D eigenvalue weighted by Gasteiger charge is 2.27. The summed E-state index contributed by atoms with van der Waals surface area (Å²) in [6, 6.07) is 6.53. The molecule has 5 nitrogen and oxygen atoms in total. The molecule has 0 bridgehead atoms. The number of H-pyrrole nitrogens is 1. The van der Waals surface area contributed by atoms with Gasteiger partial charge >= 0.3 is 0 Å². The first-order valence-electron chi connectivity index (χ1n) is 8.20. The van der Waals surface area contributed by atoms with E-state index in [0.717, 1.165) is 22.2 Å². The summed E-state index contributed by atoms with van der Waals surface area (Å²) in [5, 5.41) is 14.9. The van der Waals surface area contributed by atoms with Crippen molar-refractivity contribution in [3.8, 4) is 17.3 Å². The van der Waals surface area contributed by atoms with Crippen LogP contribution in [0.5, 0.6) is 0 Å². The van der Waals surface area contributed by atoms with E-state index in [4.69, 9.17) is 0 Å². The molecule has 1 atom stereocenters. The fourth-order valence-corrected chi connectivity index (χ4v) is 3.77. The lowest BCUT2D eigenvalue weighted by molar-refractivity contribution is 0.315. The molecule has 0 aromatic carbocycles. The van der Waals surface area contributed by atoms with Crippen molar-refractivity contribution in [2.45, 2.75) is 38.1 Å². The van der Waals surface area contributed by atoms with Crippen LogP contribution in [0.15, 0.2) is 36.9 Å². The third-order valence-corrected chi connectivity index (χ3v) is 4.94. The predicted octanol–water partition coefficient (Wildman–Crippen LogP) is 4.07. The summed E-state index contributed by atoms with van der Waals surface area (Å²) in [7, 11) is 0.